The maximum atomic E-state index is 5.65. The van der Waals surface area contributed by atoms with Crippen LogP contribution in [0.15, 0.2) is 164 Å². The van der Waals surface area contributed by atoms with Crippen LogP contribution in [-0.2, 0) is 0 Å². The largest absolute Gasteiger partial charge is 0.293 e. The van der Waals surface area contributed by atoms with Gasteiger partial charge in [-0.25, -0.2) is 4.98 Å². The molecule has 0 amide bonds. The molecule has 3 heterocycles. The molecule has 2 unspecified atom stereocenters. The molecule has 8 aromatic carbocycles. The summed E-state index contributed by atoms with van der Waals surface area (Å²) in [6.07, 6.45) is 0. The number of benzene rings is 8. The lowest BCUT2D eigenvalue weighted by Gasteiger charge is -2.41. The predicted octanol–water partition coefficient (Wildman–Crippen LogP) is 12.9. The van der Waals surface area contributed by atoms with Crippen molar-refractivity contribution in [2.45, 2.75) is 18.8 Å². The van der Waals surface area contributed by atoms with Gasteiger partial charge in [0.05, 0.1) is 27.6 Å². The Morgan fingerprint density at radius 1 is 0.455 bits per heavy atom. The molecule has 11 aromatic rings. The summed E-state index contributed by atoms with van der Waals surface area (Å²) in [5, 5.41) is 8.51. The van der Waals surface area contributed by atoms with Gasteiger partial charge in [0, 0.05) is 38.4 Å². The van der Waals surface area contributed by atoms with Gasteiger partial charge in [-0.15, -0.1) is 0 Å². The van der Waals surface area contributed by atoms with E-state index in [1.54, 1.807) is 0 Å². The van der Waals surface area contributed by atoms with Crippen LogP contribution >= 0.6 is 0 Å². The fourth-order valence-electron chi connectivity index (χ4n) is 10.5. The van der Waals surface area contributed by atoms with E-state index in [2.05, 4.69) is 180 Å². The van der Waals surface area contributed by atoms with Crippen LogP contribution in [0.2, 0.25) is 0 Å². The first-order valence-corrected chi connectivity index (χ1v) is 19.2. The quantitative estimate of drug-likeness (QED) is 0.180. The second kappa shape index (κ2) is 10.6. The van der Waals surface area contributed by atoms with E-state index in [1.165, 1.54) is 76.8 Å². The highest BCUT2D eigenvalue weighted by Gasteiger charge is 2.42. The molecule has 2 bridgehead atoms. The van der Waals surface area contributed by atoms with Crippen molar-refractivity contribution in [3.05, 3.63) is 180 Å². The van der Waals surface area contributed by atoms with Crippen molar-refractivity contribution in [3.8, 4) is 34.0 Å². The lowest BCUT2D eigenvalue weighted by atomic mass is 9.62. The van der Waals surface area contributed by atoms with Crippen molar-refractivity contribution in [3.63, 3.8) is 0 Å². The molecule has 0 aliphatic heterocycles. The summed E-state index contributed by atoms with van der Waals surface area (Å²) in [5.74, 6) is 2.09. The van der Waals surface area contributed by atoms with Crippen molar-refractivity contribution < 1.29 is 0 Å². The summed E-state index contributed by atoms with van der Waals surface area (Å²) in [5.41, 5.74) is 15.0. The van der Waals surface area contributed by atoms with Gasteiger partial charge in [-0.3, -0.25) is 9.13 Å². The van der Waals surface area contributed by atoms with Crippen LogP contribution < -0.4 is 0 Å². The number of aromatic nitrogens is 4. The molecule has 4 nitrogen and oxygen atoms in total. The van der Waals surface area contributed by atoms with Crippen LogP contribution in [0.1, 0.15) is 35.4 Å². The van der Waals surface area contributed by atoms with Crippen LogP contribution in [0, 0.1) is 0 Å². The third-order valence-electron chi connectivity index (χ3n) is 12.7. The van der Waals surface area contributed by atoms with E-state index in [4.69, 9.17) is 9.97 Å². The van der Waals surface area contributed by atoms with Crippen LogP contribution in [0.25, 0.3) is 99.3 Å². The summed E-state index contributed by atoms with van der Waals surface area (Å²) < 4.78 is 4.70. The molecule has 2 atom stereocenters. The Morgan fingerprint density at radius 3 is 1.82 bits per heavy atom. The van der Waals surface area contributed by atoms with Gasteiger partial charge in [-0.2, -0.15) is 4.98 Å². The zero-order valence-corrected chi connectivity index (χ0v) is 30.0. The molecule has 3 aromatic heterocycles. The van der Waals surface area contributed by atoms with Crippen LogP contribution in [-0.4, -0.2) is 19.1 Å². The minimum Gasteiger partial charge on any atom is -0.293 e. The molecule has 0 saturated heterocycles. The van der Waals surface area contributed by atoms with Crippen molar-refractivity contribution in [2.24, 2.45) is 0 Å². The molecule has 4 heteroatoms. The summed E-state index contributed by atoms with van der Waals surface area (Å²) in [4.78, 5) is 11.1. The van der Waals surface area contributed by atoms with E-state index in [0.29, 0.717) is 5.95 Å². The molecule has 0 saturated carbocycles. The average molecular weight is 701 g/mol. The smallest absolute Gasteiger partial charge is 0.237 e. The molecule has 2 aliphatic carbocycles. The van der Waals surface area contributed by atoms with Gasteiger partial charge in [0.2, 0.25) is 5.95 Å². The molecule has 0 radical (unpaired) electrons. The molecule has 13 rings (SSSR count). The average Bonchev–Trinajstić information content (AvgIpc) is 3.75. The Bertz CT molecular complexity index is 3420. The maximum absolute atomic E-state index is 5.65. The Morgan fingerprint density at radius 2 is 1.05 bits per heavy atom. The summed E-state index contributed by atoms with van der Waals surface area (Å²) in [7, 11) is 0. The van der Waals surface area contributed by atoms with Gasteiger partial charge in [0.1, 0.15) is 0 Å². The number of rotatable bonds is 2. The van der Waals surface area contributed by atoms with Gasteiger partial charge in [-0.05, 0) is 86.5 Å². The Kier molecular flexibility index (Phi) is 5.64. The van der Waals surface area contributed by atoms with Crippen LogP contribution in [0.3, 0.4) is 0 Å². The highest BCUT2D eigenvalue weighted by Crippen LogP contribution is 2.61. The highest BCUT2D eigenvalue weighted by atomic mass is 15.2. The Balaban J connectivity index is 1.21. The molecule has 256 valence electrons. The minimum absolute atomic E-state index is 0.256. The zero-order chi connectivity index (χ0) is 35.9. The van der Waals surface area contributed by atoms with E-state index in [1.807, 2.05) is 0 Å². The summed E-state index contributed by atoms with van der Waals surface area (Å²) >= 11 is 0. The summed E-state index contributed by atoms with van der Waals surface area (Å²) in [6, 6.07) is 59.8. The number of fused-ring (bicyclic) bond motifs is 17. The highest BCUT2D eigenvalue weighted by molar-refractivity contribution is 6.18. The van der Waals surface area contributed by atoms with Crippen LogP contribution in [0.4, 0.5) is 0 Å². The number of nitrogens with zero attached hydrogens (tertiary/aromatic N) is 4. The lowest BCUT2D eigenvalue weighted by Crippen LogP contribution is -2.23. The molecule has 0 spiro atoms. The molecular formula is C51H32N4. The normalized spacial score (nSPS) is 15.7. The van der Waals surface area contributed by atoms with E-state index in [-0.39, 0.29) is 11.8 Å². The first-order chi connectivity index (χ1) is 27.2. The number of hydrogen-bond donors (Lipinski definition) is 0. The minimum atomic E-state index is 0.256. The first kappa shape index (κ1) is 29.4. The van der Waals surface area contributed by atoms with E-state index in [9.17, 15) is 0 Å². The van der Waals surface area contributed by atoms with E-state index in [0.717, 1.165) is 33.3 Å². The van der Waals surface area contributed by atoms with Crippen molar-refractivity contribution >= 4 is 65.3 Å². The maximum Gasteiger partial charge on any atom is 0.237 e. The van der Waals surface area contributed by atoms with Crippen molar-refractivity contribution in [2.75, 3.05) is 0 Å². The lowest BCUT2D eigenvalue weighted by molar-refractivity contribution is 0.646. The van der Waals surface area contributed by atoms with Crippen molar-refractivity contribution in [1.29, 1.82) is 0 Å². The third-order valence-corrected chi connectivity index (χ3v) is 12.7. The van der Waals surface area contributed by atoms with Gasteiger partial charge >= 0.3 is 0 Å². The SMILES string of the molecule is CC1c2c3cc4c5ccccc5n(-c5nc(-n6c7ccccc7c7ccccc76)c6ccccc6n5)c4c2-c2ccccc2C1c1c-3ccc2ccccc12. The second-order valence-electron chi connectivity index (χ2n) is 15.3. The fraction of sp³-hybridized carbons (Fsp3) is 0.0588. The first-order valence-electron chi connectivity index (χ1n) is 19.2. The monoisotopic (exact) mass is 700 g/mol. The fourth-order valence-corrected chi connectivity index (χ4v) is 10.5. The number of hydrogen-bond acceptors (Lipinski definition) is 2. The standard InChI is InChI=1S/C51H32N4/c1-29-45-35-19-4-5-20-36(35)48-46(29)39(37-27-26-30-14-2-3-15-31(30)47(37)45)28-40-34-18-9-13-25-44(34)55(49(40)48)51-52-41-22-10-6-21-38(41)50(53-51)54-42-23-11-7-16-32(42)33-17-8-12-24-43(33)54/h2-29,45H,1H3. The zero-order valence-electron chi connectivity index (χ0n) is 30.0. The summed E-state index contributed by atoms with van der Waals surface area (Å²) in [6.45, 7) is 2.44. The molecule has 55 heavy (non-hydrogen) atoms. The van der Waals surface area contributed by atoms with Crippen LogP contribution in [0.5, 0.6) is 0 Å². The second-order valence-corrected chi connectivity index (χ2v) is 15.3. The Hall–Kier alpha value is -7.04. The molecule has 0 fully saturated rings. The molecular weight excluding hydrogens is 669 g/mol. The van der Waals surface area contributed by atoms with Gasteiger partial charge in [0.25, 0.3) is 0 Å². The van der Waals surface area contributed by atoms with Crippen molar-refractivity contribution in [1.82, 2.24) is 19.1 Å². The van der Waals surface area contributed by atoms with Gasteiger partial charge in [0.15, 0.2) is 5.82 Å². The van der Waals surface area contributed by atoms with E-state index < -0.39 is 0 Å². The topological polar surface area (TPSA) is 35.6 Å². The van der Waals surface area contributed by atoms with E-state index >= 15 is 0 Å². The number of para-hydroxylation sites is 4. The predicted molar refractivity (Wildman–Crippen MR) is 227 cm³/mol. The van der Waals surface area contributed by atoms with Gasteiger partial charge in [-0.1, -0.05) is 134 Å². The molecule has 0 N–H and O–H groups in total. The van der Waals surface area contributed by atoms with Gasteiger partial charge < -0.3 is 0 Å². The Labute approximate surface area is 316 Å². The molecule has 2 aliphatic rings. The third kappa shape index (κ3) is 3.71.